The molecule has 1 aromatic heterocycles. The van der Waals surface area contributed by atoms with Gasteiger partial charge in [-0.05, 0) is 126 Å². The first-order valence-corrected chi connectivity index (χ1v) is 23.2. The third-order valence-corrected chi connectivity index (χ3v) is 14.5. The fourth-order valence-electron chi connectivity index (χ4n) is 11.6. The first kappa shape index (κ1) is 37.6. The Balaban J connectivity index is 0.945. The van der Waals surface area contributed by atoms with Crippen molar-refractivity contribution in [3.05, 3.63) is 271 Å². The van der Waals surface area contributed by atoms with Gasteiger partial charge in [-0.25, -0.2) is 0 Å². The molecule has 0 N–H and O–H groups in total. The summed E-state index contributed by atoms with van der Waals surface area (Å²) in [5, 5.41) is 4.88. The second-order valence-corrected chi connectivity index (χ2v) is 17.9. The summed E-state index contributed by atoms with van der Waals surface area (Å²) in [5.74, 6) is 0. The Hall–Kier alpha value is -8.72. The van der Waals surface area contributed by atoms with Gasteiger partial charge in [-0.1, -0.05) is 206 Å². The Bertz CT molecular complexity index is 3830. The van der Waals surface area contributed by atoms with Crippen LogP contribution in [0.4, 0.5) is 17.1 Å². The van der Waals surface area contributed by atoms with E-state index < -0.39 is 5.41 Å². The SMILES string of the molecule is c1ccc(C2(c3ccccc3)c3ccccc3-c3ccc(N(c4ccc(-c5ccc6c7c(cccc57)-c5ccccc5-6)cc4)c4ccc(-c5cccc6c5oc5ccccc56)cc4)cc32)cc1. The van der Waals surface area contributed by atoms with Crippen molar-refractivity contribution in [2.24, 2.45) is 0 Å². The van der Waals surface area contributed by atoms with E-state index in [9.17, 15) is 0 Å². The second kappa shape index (κ2) is 14.7. The van der Waals surface area contributed by atoms with Crippen LogP contribution >= 0.6 is 0 Å². The van der Waals surface area contributed by atoms with E-state index in [4.69, 9.17) is 4.42 Å². The maximum Gasteiger partial charge on any atom is 0.143 e. The normalized spacial score (nSPS) is 12.9. The van der Waals surface area contributed by atoms with Crippen LogP contribution in [0.2, 0.25) is 0 Å². The highest BCUT2D eigenvalue weighted by atomic mass is 16.3. The molecule has 312 valence electrons. The molecule has 0 unspecified atom stereocenters. The molecule has 12 aromatic rings. The molecule has 1 heterocycles. The number of benzene rings is 11. The van der Waals surface area contributed by atoms with Crippen molar-refractivity contribution in [2.45, 2.75) is 5.41 Å². The average molecular weight is 852 g/mol. The highest BCUT2D eigenvalue weighted by molar-refractivity contribution is 6.18. The minimum absolute atomic E-state index is 0.523. The van der Waals surface area contributed by atoms with E-state index in [1.54, 1.807) is 0 Å². The molecule has 67 heavy (non-hydrogen) atoms. The number of nitrogens with zero attached hydrogens (tertiary/aromatic N) is 1. The Kier molecular flexibility index (Phi) is 8.23. The van der Waals surface area contributed by atoms with Gasteiger partial charge in [0.1, 0.15) is 11.2 Å². The van der Waals surface area contributed by atoms with Crippen LogP contribution in [0.5, 0.6) is 0 Å². The molecule has 14 rings (SSSR count). The molecule has 0 radical (unpaired) electrons. The largest absolute Gasteiger partial charge is 0.455 e. The predicted octanol–water partition coefficient (Wildman–Crippen LogP) is 17.6. The summed E-state index contributed by atoms with van der Waals surface area (Å²) in [6, 6.07) is 91.3. The maximum atomic E-state index is 6.51. The number of hydrogen-bond donors (Lipinski definition) is 0. The van der Waals surface area contributed by atoms with E-state index >= 15 is 0 Å². The summed E-state index contributed by atoms with van der Waals surface area (Å²) in [7, 11) is 0. The molecule has 2 aliphatic rings. The van der Waals surface area contributed by atoms with Crippen molar-refractivity contribution in [1.82, 2.24) is 0 Å². The van der Waals surface area contributed by atoms with Gasteiger partial charge in [0.15, 0.2) is 0 Å². The van der Waals surface area contributed by atoms with E-state index in [0.717, 1.165) is 50.1 Å². The lowest BCUT2D eigenvalue weighted by Crippen LogP contribution is -2.28. The Morgan fingerprint density at radius 1 is 0.299 bits per heavy atom. The molecule has 0 fully saturated rings. The van der Waals surface area contributed by atoms with Crippen LogP contribution < -0.4 is 4.90 Å². The van der Waals surface area contributed by atoms with Gasteiger partial charge in [0.05, 0.1) is 5.41 Å². The van der Waals surface area contributed by atoms with Crippen molar-refractivity contribution in [3.8, 4) is 55.6 Å². The summed E-state index contributed by atoms with van der Waals surface area (Å²) in [6.07, 6.45) is 0. The third-order valence-electron chi connectivity index (χ3n) is 14.5. The lowest BCUT2D eigenvalue weighted by Gasteiger charge is -2.35. The summed E-state index contributed by atoms with van der Waals surface area (Å²) in [4.78, 5) is 2.42. The topological polar surface area (TPSA) is 16.4 Å². The minimum Gasteiger partial charge on any atom is -0.455 e. The first-order valence-electron chi connectivity index (χ1n) is 23.2. The zero-order chi connectivity index (χ0) is 44.1. The minimum atomic E-state index is -0.523. The van der Waals surface area contributed by atoms with Gasteiger partial charge in [0.25, 0.3) is 0 Å². The van der Waals surface area contributed by atoms with E-state index in [2.05, 4.69) is 248 Å². The van der Waals surface area contributed by atoms with E-state index in [0.29, 0.717) is 0 Å². The van der Waals surface area contributed by atoms with Crippen LogP contribution in [0, 0.1) is 0 Å². The number of para-hydroxylation sites is 2. The molecule has 0 saturated heterocycles. The van der Waals surface area contributed by atoms with Gasteiger partial charge in [-0.15, -0.1) is 0 Å². The van der Waals surface area contributed by atoms with Crippen molar-refractivity contribution in [3.63, 3.8) is 0 Å². The highest BCUT2D eigenvalue weighted by Gasteiger charge is 2.46. The van der Waals surface area contributed by atoms with Crippen molar-refractivity contribution < 1.29 is 4.42 Å². The molecule has 2 nitrogen and oxygen atoms in total. The highest BCUT2D eigenvalue weighted by Crippen LogP contribution is 2.57. The molecule has 11 aromatic carbocycles. The first-order chi connectivity index (χ1) is 33.2. The van der Waals surface area contributed by atoms with Crippen LogP contribution in [0.25, 0.3) is 88.3 Å². The molecule has 0 amide bonds. The molecular weight excluding hydrogens is 811 g/mol. The van der Waals surface area contributed by atoms with Crippen LogP contribution in [-0.4, -0.2) is 0 Å². The Labute approximate surface area is 389 Å². The summed E-state index contributed by atoms with van der Waals surface area (Å²) in [6.45, 7) is 0. The number of rotatable bonds is 7. The average Bonchev–Trinajstić information content (AvgIpc) is 4.05. The second-order valence-electron chi connectivity index (χ2n) is 17.9. The molecule has 0 spiro atoms. The molecule has 0 atom stereocenters. The Morgan fingerprint density at radius 3 is 1.48 bits per heavy atom. The van der Waals surface area contributed by atoms with Gasteiger partial charge >= 0.3 is 0 Å². The summed E-state index contributed by atoms with van der Waals surface area (Å²) < 4.78 is 6.51. The molecule has 0 saturated carbocycles. The van der Waals surface area contributed by atoms with Crippen LogP contribution in [0.3, 0.4) is 0 Å². The van der Waals surface area contributed by atoms with Crippen molar-refractivity contribution in [1.29, 1.82) is 0 Å². The van der Waals surface area contributed by atoms with E-state index in [-0.39, 0.29) is 0 Å². The number of hydrogen-bond acceptors (Lipinski definition) is 2. The van der Waals surface area contributed by atoms with Crippen LogP contribution in [-0.2, 0) is 5.41 Å². The fourth-order valence-corrected chi connectivity index (χ4v) is 11.6. The number of anilines is 3. The smallest absolute Gasteiger partial charge is 0.143 e. The molecular formula is C65H41NO. The monoisotopic (exact) mass is 851 g/mol. The predicted molar refractivity (Wildman–Crippen MR) is 279 cm³/mol. The molecule has 2 aliphatic carbocycles. The maximum absolute atomic E-state index is 6.51. The quantitative estimate of drug-likeness (QED) is 0.159. The van der Waals surface area contributed by atoms with Crippen LogP contribution in [0.1, 0.15) is 22.3 Å². The lowest BCUT2D eigenvalue weighted by molar-refractivity contribution is 0.670. The number of fused-ring (bicyclic) bond motifs is 9. The van der Waals surface area contributed by atoms with E-state index in [1.165, 1.54) is 77.5 Å². The van der Waals surface area contributed by atoms with Crippen molar-refractivity contribution in [2.75, 3.05) is 4.90 Å². The molecule has 0 aliphatic heterocycles. The number of furan rings is 1. The standard InChI is InChI=1S/C65H41NO/c1-3-15-44(16-4-1)65(45-17-5-2-6-18-45)60-27-11-9-21-53(60)54-38-37-48(41-61(54)65)66(47-35-31-43(32-36-47)50-23-13-26-59-55-22-10-12-28-62(55)67-64(50)59)46-33-29-42(30-34-46)49-39-40-58-52-20-8-7-19-51(52)57-25-14-24-56(49)63(57)58/h1-41H. The van der Waals surface area contributed by atoms with Gasteiger partial charge in [-0.3, -0.25) is 0 Å². The zero-order valence-corrected chi connectivity index (χ0v) is 36.5. The fraction of sp³-hybridized carbons (Fsp3) is 0.0154. The van der Waals surface area contributed by atoms with Gasteiger partial charge in [0, 0.05) is 33.4 Å². The summed E-state index contributed by atoms with van der Waals surface area (Å²) in [5.41, 5.74) is 22.0. The summed E-state index contributed by atoms with van der Waals surface area (Å²) >= 11 is 0. The molecule has 0 bridgehead atoms. The van der Waals surface area contributed by atoms with Crippen molar-refractivity contribution >= 4 is 49.8 Å². The third kappa shape index (κ3) is 5.51. The van der Waals surface area contributed by atoms with Gasteiger partial charge in [0.2, 0.25) is 0 Å². The Morgan fingerprint density at radius 2 is 0.776 bits per heavy atom. The molecule has 2 heteroatoms. The van der Waals surface area contributed by atoms with Gasteiger partial charge in [-0.2, -0.15) is 0 Å². The van der Waals surface area contributed by atoms with Gasteiger partial charge < -0.3 is 9.32 Å². The van der Waals surface area contributed by atoms with E-state index in [1.807, 2.05) is 6.07 Å². The lowest BCUT2D eigenvalue weighted by atomic mass is 9.67. The zero-order valence-electron chi connectivity index (χ0n) is 36.5. The van der Waals surface area contributed by atoms with Crippen LogP contribution in [0.15, 0.2) is 253 Å².